The Morgan fingerprint density at radius 2 is 2.08 bits per heavy atom. The van der Waals surface area contributed by atoms with Crippen LogP contribution in [0.15, 0.2) is 18.2 Å². The summed E-state index contributed by atoms with van der Waals surface area (Å²) in [6, 6.07) is 8.22. The zero-order chi connectivity index (χ0) is 9.84. The number of hydrogen-bond acceptors (Lipinski definition) is 1. The third-order valence-electron chi connectivity index (χ3n) is 2.31. The van der Waals surface area contributed by atoms with Crippen LogP contribution in [0.1, 0.15) is 43.4 Å². The van der Waals surface area contributed by atoms with E-state index in [4.69, 9.17) is 5.26 Å². The molecule has 0 fully saturated rings. The molecule has 1 aromatic carbocycles. The van der Waals surface area contributed by atoms with Crippen LogP contribution in [0, 0.1) is 11.3 Å². The molecule has 0 heterocycles. The van der Waals surface area contributed by atoms with Gasteiger partial charge in [-0.25, -0.2) is 0 Å². The molecule has 68 valence electrons. The van der Waals surface area contributed by atoms with Crippen LogP contribution in [0.2, 0.25) is 0 Å². The van der Waals surface area contributed by atoms with E-state index < -0.39 is 0 Å². The number of hydrogen-bond donors (Lipinski definition) is 0. The summed E-state index contributed by atoms with van der Waals surface area (Å²) in [7, 11) is 0. The van der Waals surface area contributed by atoms with Gasteiger partial charge in [-0.1, -0.05) is 32.9 Å². The molecule has 1 nitrogen and oxygen atoms in total. The fourth-order valence-electron chi connectivity index (χ4n) is 1.64. The van der Waals surface area contributed by atoms with E-state index in [9.17, 15) is 0 Å². The maximum absolute atomic E-state index is 8.91. The number of nitriles is 1. The van der Waals surface area contributed by atoms with Crippen molar-refractivity contribution >= 4 is 0 Å². The molecule has 0 aliphatic carbocycles. The van der Waals surface area contributed by atoms with Crippen LogP contribution in [-0.4, -0.2) is 0 Å². The maximum Gasteiger partial charge on any atom is 0.0994 e. The van der Waals surface area contributed by atoms with Gasteiger partial charge >= 0.3 is 0 Å². The molecule has 0 N–H and O–H groups in total. The van der Waals surface area contributed by atoms with Crippen molar-refractivity contribution in [3.05, 3.63) is 34.9 Å². The molecule has 1 aromatic rings. The Morgan fingerprint density at radius 3 is 2.54 bits per heavy atom. The fraction of sp³-hybridized carbons (Fsp3) is 0.417. The molecule has 0 spiro atoms. The highest BCUT2D eigenvalue weighted by Crippen LogP contribution is 2.22. The predicted molar refractivity (Wildman–Crippen MR) is 54.6 cm³/mol. The summed E-state index contributed by atoms with van der Waals surface area (Å²) in [5, 5.41) is 8.91. The van der Waals surface area contributed by atoms with E-state index in [2.05, 4.69) is 32.9 Å². The van der Waals surface area contributed by atoms with E-state index in [1.54, 1.807) is 0 Å². The van der Waals surface area contributed by atoms with Crippen LogP contribution in [0.4, 0.5) is 0 Å². The minimum atomic E-state index is 0.503. The molecule has 0 aliphatic heterocycles. The van der Waals surface area contributed by atoms with Crippen molar-refractivity contribution in [2.75, 3.05) is 0 Å². The number of benzene rings is 1. The van der Waals surface area contributed by atoms with Crippen molar-refractivity contribution in [3.63, 3.8) is 0 Å². The van der Waals surface area contributed by atoms with Gasteiger partial charge in [-0.15, -0.1) is 0 Å². The molecular formula is C12H15N. The Bertz CT molecular complexity index is 331. The molecule has 0 saturated heterocycles. The first kappa shape index (κ1) is 9.80. The first-order chi connectivity index (χ1) is 6.20. The zero-order valence-corrected chi connectivity index (χ0v) is 8.46. The van der Waals surface area contributed by atoms with Crippen LogP contribution >= 0.6 is 0 Å². The lowest BCUT2D eigenvalue weighted by Crippen LogP contribution is -1.97. The highest BCUT2D eigenvalue weighted by atomic mass is 14.2. The normalized spacial score (nSPS) is 10.1. The van der Waals surface area contributed by atoms with Gasteiger partial charge in [-0.3, -0.25) is 0 Å². The lowest BCUT2D eigenvalue weighted by Gasteiger charge is -2.12. The van der Waals surface area contributed by atoms with Gasteiger partial charge in [0.2, 0.25) is 0 Å². The molecule has 0 bridgehead atoms. The minimum Gasteiger partial charge on any atom is -0.192 e. The maximum atomic E-state index is 8.91. The first-order valence-electron chi connectivity index (χ1n) is 4.72. The van der Waals surface area contributed by atoms with Crippen LogP contribution in [0.3, 0.4) is 0 Å². The van der Waals surface area contributed by atoms with Crippen molar-refractivity contribution in [3.8, 4) is 6.07 Å². The summed E-state index contributed by atoms with van der Waals surface area (Å²) in [6.07, 6.45) is 0.942. The average Bonchev–Trinajstić information content (AvgIpc) is 2.16. The first-order valence-corrected chi connectivity index (χ1v) is 4.72. The van der Waals surface area contributed by atoms with Crippen LogP contribution in [0.25, 0.3) is 0 Å². The summed E-state index contributed by atoms with van der Waals surface area (Å²) in [5.74, 6) is 0.503. The molecule has 1 rings (SSSR count). The van der Waals surface area contributed by atoms with Crippen molar-refractivity contribution in [1.82, 2.24) is 0 Å². The fourth-order valence-corrected chi connectivity index (χ4v) is 1.64. The Kier molecular flexibility index (Phi) is 3.08. The van der Waals surface area contributed by atoms with Gasteiger partial charge in [-0.05, 0) is 29.5 Å². The third-order valence-corrected chi connectivity index (χ3v) is 2.31. The van der Waals surface area contributed by atoms with E-state index in [0.717, 1.165) is 12.0 Å². The van der Waals surface area contributed by atoms with E-state index in [1.165, 1.54) is 11.1 Å². The monoisotopic (exact) mass is 173 g/mol. The van der Waals surface area contributed by atoms with Crippen molar-refractivity contribution in [2.24, 2.45) is 0 Å². The van der Waals surface area contributed by atoms with E-state index in [-0.39, 0.29) is 0 Å². The molecule has 0 unspecified atom stereocenters. The second-order valence-electron chi connectivity index (χ2n) is 3.49. The summed E-state index contributed by atoms with van der Waals surface area (Å²) in [4.78, 5) is 0. The van der Waals surface area contributed by atoms with Gasteiger partial charge in [0.25, 0.3) is 0 Å². The molecule has 0 amide bonds. The topological polar surface area (TPSA) is 23.8 Å². The van der Waals surface area contributed by atoms with E-state index in [0.29, 0.717) is 5.92 Å². The highest BCUT2D eigenvalue weighted by molar-refractivity contribution is 5.44. The van der Waals surface area contributed by atoms with Gasteiger partial charge < -0.3 is 0 Å². The Morgan fingerprint density at radius 1 is 1.38 bits per heavy atom. The molecule has 0 saturated carbocycles. The van der Waals surface area contributed by atoms with Gasteiger partial charge in [-0.2, -0.15) is 5.26 Å². The largest absolute Gasteiger partial charge is 0.192 e. The van der Waals surface area contributed by atoms with Crippen molar-refractivity contribution < 1.29 is 0 Å². The summed E-state index contributed by atoms with van der Waals surface area (Å²) < 4.78 is 0. The Balaban J connectivity index is 3.29. The number of nitrogens with zero attached hydrogens (tertiary/aromatic N) is 1. The quantitative estimate of drug-likeness (QED) is 0.673. The summed E-state index contributed by atoms with van der Waals surface area (Å²) in [6.45, 7) is 6.42. The van der Waals surface area contributed by atoms with Gasteiger partial charge in [0.15, 0.2) is 0 Å². The van der Waals surface area contributed by atoms with Gasteiger partial charge in [0.1, 0.15) is 0 Å². The van der Waals surface area contributed by atoms with Crippen LogP contribution in [0.5, 0.6) is 0 Å². The van der Waals surface area contributed by atoms with Gasteiger partial charge in [0, 0.05) is 0 Å². The second kappa shape index (κ2) is 4.09. The lowest BCUT2D eigenvalue weighted by atomic mass is 9.92. The standard InChI is InChI=1S/C12H15N/c1-4-11-10(8-13)6-5-7-12(11)9(2)3/h5-7,9H,4H2,1-3H3. The molecule has 0 aliphatic rings. The SMILES string of the molecule is CCc1c(C#N)cccc1C(C)C. The zero-order valence-electron chi connectivity index (χ0n) is 8.46. The van der Waals surface area contributed by atoms with Crippen LogP contribution in [-0.2, 0) is 6.42 Å². The van der Waals surface area contributed by atoms with Crippen molar-refractivity contribution in [2.45, 2.75) is 33.1 Å². The molecular weight excluding hydrogens is 158 g/mol. The molecule has 0 atom stereocenters. The van der Waals surface area contributed by atoms with E-state index >= 15 is 0 Å². The van der Waals surface area contributed by atoms with E-state index in [1.807, 2.05) is 12.1 Å². The molecule has 0 aromatic heterocycles. The molecule has 0 radical (unpaired) electrons. The lowest BCUT2D eigenvalue weighted by molar-refractivity contribution is 0.843. The molecule has 13 heavy (non-hydrogen) atoms. The second-order valence-corrected chi connectivity index (χ2v) is 3.49. The predicted octanol–water partition coefficient (Wildman–Crippen LogP) is 3.24. The Hall–Kier alpha value is -1.29. The highest BCUT2D eigenvalue weighted by Gasteiger charge is 2.08. The third kappa shape index (κ3) is 1.89. The molecule has 1 heteroatoms. The Labute approximate surface area is 80.0 Å². The minimum absolute atomic E-state index is 0.503. The average molecular weight is 173 g/mol. The summed E-state index contributed by atoms with van der Waals surface area (Å²) in [5.41, 5.74) is 3.34. The number of rotatable bonds is 2. The smallest absolute Gasteiger partial charge is 0.0994 e. The van der Waals surface area contributed by atoms with Crippen molar-refractivity contribution in [1.29, 1.82) is 5.26 Å². The van der Waals surface area contributed by atoms with Gasteiger partial charge in [0.05, 0.1) is 11.6 Å². The van der Waals surface area contributed by atoms with Crippen LogP contribution < -0.4 is 0 Å². The summed E-state index contributed by atoms with van der Waals surface area (Å²) >= 11 is 0.